The summed E-state index contributed by atoms with van der Waals surface area (Å²) in [6.07, 6.45) is 9.15. The second-order valence-corrected chi connectivity index (χ2v) is 6.66. The smallest absolute Gasteiger partial charge is 0.220 e. The van der Waals surface area contributed by atoms with Gasteiger partial charge in [-0.2, -0.15) is 10.2 Å². The molecule has 0 atom stereocenters. The molecule has 9 heteroatoms. The zero-order valence-electron chi connectivity index (χ0n) is 13.7. The second-order valence-electron chi connectivity index (χ2n) is 6.25. The molecule has 0 saturated carbocycles. The maximum absolute atomic E-state index is 6.23. The van der Waals surface area contributed by atoms with Crippen molar-refractivity contribution < 1.29 is 0 Å². The largest absolute Gasteiger partial charge is 0.368 e. The normalized spacial score (nSPS) is 14.7. The first-order valence-electron chi connectivity index (χ1n) is 8.20. The molecule has 1 fully saturated rings. The fourth-order valence-corrected chi connectivity index (χ4v) is 3.25. The zero-order valence-corrected chi connectivity index (χ0v) is 14.4. The molecule has 1 saturated heterocycles. The van der Waals surface area contributed by atoms with E-state index in [2.05, 4.69) is 31.7 Å². The van der Waals surface area contributed by atoms with Gasteiger partial charge in [0.05, 0.1) is 40.9 Å². The Bertz CT molecular complexity index is 1110. The van der Waals surface area contributed by atoms with Gasteiger partial charge in [-0.3, -0.25) is 4.68 Å². The van der Waals surface area contributed by atoms with E-state index in [1.165, 1.54) is 6.20 Å². The number of nitrogens with one attached hydrogen (secondary N) is 1. The van der Waals surface area contributed by atoms with Gasteiger partial charge in [0.15, 0.2) is 0 Å². The second kappa shape index (κ2) is 5.79. The van der Waals surface area contributed by atoms with Crippen molar-refractivity contribution in [3.05, 3.63) is 48.1 Å². The Balaban J connectivity index is 1.55. The topological polar surface area (TPSA) is 99.0 Å². The molecule has 4 aromatic rings. The van der Waals surface area contributed by atoms with E-state index in [9.17, 15) is 0 Å². The monoisotopic (exact) mass is 366 g/mol. The Morgan fingerprint density at radius 1 is 1.08 bits per heavy atom. The standard InChI is InChI=1S/C17H15ClN8/c18-14-7-21-17(19)24-16(14)13-6-23-26-8-10(1-2-15(13)26)11-3-22-25(9-11)12-4-20-5-12/h1-3,6-9,12,20H,4-5H2,(H2,19,21,24). The molecule has 0 unspecified atom stereocenters. The Hall–Kier alpha value is -2.97. The lowest BCUT2D eigenvalue weighted by Crippen LogP contribution is -2.43. The van der Waals surface area contributed by atoms with Gasteiger partial charge in [0, 0.05) is 42.2 Å². The van der Waals surface area contributed by atoms with E-state index >= 15 is 0 Å². The lowest BCUT2D eigenvalue weighted by atomic mass is 10.1. The van der Waals surface area contributed by atoms with Crippen LogP contribution in [0.15, 0.2) is 43.1 Å². The molecule has 0 aromatic carbocycles. The molecule has 0 bridgehead atoms. The molecule has 130 valence electrons. The summed E-state index contributed by atoms with van der Waals surface area (Å²) in [6.45, 7) is 1.93. The molecule has 5 heterocycles. The minimum absolute atomic E-state index is 0.179. The van der Waals surface area contributed by atoms with Gasteiger partial charge in [0.1, 0.15) is 0 Å². The van der Waals surface area contributed by atoms with E-state index in [0.29, 0.717) is 16.8 Å². The van der Waals surface area contributed by atoms with Crippen molar-refractivity contribution in [1.29, 1.82) is 0 Å². The van der Waals surface area contributed by atoms with Gasteiger partial charge in [-0.05, 0) is 6.07 Å². The van der Waals surface area contributed by atoms with E-state index in [0.717, 1.165) is 35.3 Å². The predicted molar refractivity (Wildman–Crippen MR) is 98.8 cm³/mol. The number of anilines is 1. The number of halogens is 1. The molecule has 8 nitrogen and oxygen atoms in total. The van der Waals surface area contributed by atoms with Crippen molar-refractivity contribution in [3.8, 4) is 22.4 Å². The maximum atomic E-state index is 6.23. The van der Waals surface area contributed by atoms with Crippen molar-refractivity contribution in [3.63, 3.8) is 0 Å². The van der Waals surface area contributed by atoms with E-state index in [4.69, 9.17) is 17.3 Å². The summed E-state index contributed by atoms with van der Waals surface area (Å²) in [5, 5.41) is 12.6. The van der Waals surface area contributed by atoms with Gasteiger partial charge in [-0.15, -0.1) is 0 Å². The maximum Gasteiger partial charge on any atom is 0.220 e. The zero-order chi connectivity index (χ0) is 17.7. The van der Waals surface area contributed by atoms with Crippen molar-refractivity contribution in [2.75, 3.05) is 18.8 Å². The highest BCUT2D eigenvalue weighted by Crippen LogP contribution is 2.30. The first-order valence-corrected chi connectivity index (χ1v) is 8.58. The van der Waals surface area contributed by atoms with Crippen LogP contribution in [0.25, 0.3) is 27.9 Å². The van der Waals surface area contributed by atoms with Crippen LogP contribution in [0.1, 0.15) is 6.04 Å². The van der Waals surface area contributed by atoms with Crippen molar-refractivity contribution >= 4 is 23.1 Å². The van der Waals surface area contributed by atoms with Gasteiger partial charge in [0.2, 0.25) is 5.95 Å². The number of hydrogen-bond donors (Lipinski definition) is 2. The van der Waals surface area contributed by atoms with Crippen LogP contribution in [0, 0.1) is 0 Å². The number of rotatable bonds is 3. The number of nitrogens with two attached hydrogens (primary N) is 1. The van der Waals surface area contributed by atoms with Gasteiger partial charge in [0.25, 0.3) is 0 Å². The number of nitrogen functional groups attached to an aromatic ring is 1. The van der Waals surface area contributed by atoms with Crippen LogP contribution >= 0.6 is 11.6 Å². The van der Waals surface area contributed by atoms with E-state index < -0.39 is 0 Å². The highest BCUT2D eigenvalue weighted by Gasteiger charge is 2.20. The third-order valence-corrected chi connectivity index (χ3v) is 4.88. The van der Waals surface area contributed by atoms with Crippen molar-refractivity contribution in [2.24, 2.45) is 0 Å². The molecule has 26 heavy (non-hydrogen) atoms. The molecular weight excluding hydrogens is 352 g/mol. The van der Waals surface area contributed by atoms with Crippen LogP contribution in [0.5, 0.6) is 0 Å². The summed E-state index contributed by atoms with van der Waals surface area (Å²) in [6, 6.07) is 4.47. The molecule has 3 N–H and O–H groups in total. The minimum atomic E-state index is 0.179. The first-order chi connectivity index (χ1) is 12.7. The minimum Gasteiger partial charge on any atom is -0.368 e. The van der Waals surface area contributed by atoms with Crippen LogP contribution in [-0.4, -0.2) is 42.5 Å². The fourth-order valence-electron chi connectivity index (χ4n) is 3.05. The van der Waals surface area contributed by atoms with Crippen LogP contribution in [0.4, 0.5) is 5.95 Å². The van der Waals surface area contributed by atoms with Crippen LogP contribution in [-0.2, 0) is 0 Å². The lowest BCUT2D eigenvalue weighted by molar-refractivity contribution is 0.318. The number of aromatic nitrogens is 6. The van der Waals surface area contributed by atoms with Crippen LogP contribution in [0.2, 0.25) is 5.02 Å². The summed E-state index contributed by atoms with van der Waals surface area (Å²) in [5.74, 6) is 0.179. The Labute approximate surface area is 153 Å². The average Bonchev–Trinajstić information content (AvgIpc) is 3.22. The Morgan fingerprint density at radius 2 is 1.96 bits per heavy atom. The van der Waals surface area contributed by atoms with Crippen molar-refractivity contribution in [2.45, 2.75) is 6.04 Å². The summed E-state index contributed by atoms with van der Waals surface area (Å²) < 4.78 is 3.82. The van der Waals surface area contributed by atoms with Crippen molar-refractivity contribution in [1.82, 2.24) is 34.7 Å². The molecule has 1 aliphatic rings. The van der Waals surface area contributed by atoms with Gasteiger partial charge < -0.3 is 11.1 Å². The van der Waals surface area contributed by atoms with Gasteiger partial charge in [-0.25, -0.2) is 14.5 Å². The van der Waals surface area contributed by atoms with E-state index in [1.807, 2.05) is 33.7 Å². The van der Waals surface area contributed by atoms with E-state index in [1.54, 1.807) is 6.20 Å². The highest BCUT2D eigenvalue weighted by atomic mass is 35.5. The van der Waals surface area contributed by atoms with Gasteiger partial charge in [-0.1, -0.05) is 17.7 Å². The molecule has 0 aliphatic carbocycles. The van der Waals surface area contributed by atoms with Gasteiger partial charge >= 0.3 is 0 Å². The molecule has 0 spiro atoms. The molecule has 1 aliphatic heterocycles. The average molecular weight is 367 g/mol. The highest BCUT2D eigenvalue weighted by molar-refractivity contribution is 6.33. The molecule has 5 rings (SSSR count). The fraction of sp³-hybridized carbons (Fsp3) is 0.176. The molecular formula is C17H15ClN8. The Kier molecular flexibility index (Phi) is 3.41. The van der Waals surface area contributed by atoms with E-state index in [-0.39, 0.29) is 5.95 Å². The summed E-state index contributed by atoms with van der Waals surface area (Å²) >= 11 is 6.23. The number of pyridine rings is 1. The third-order valence-electron chi connectivity index (χ3n) is 4.60. The quantitative estimate of drug-likeness (QED) is 0.575. The number of fused-ring (bicyclic) bond motifs is 1. The molecule has 0 amide bonds. The summed E-state index contributed by atoms with van der Waals surface area (Å²) in [7, 11) is 0. The lowest BCUT2D eigenvalue weighted by Gasteiger charge is -2.27. The molecule has 0 radical (unpaired) electrons. The van der Waals surface area contributed by atoms with Crippen LogP contribution < -0.4 is 11.1 Å². The first kappa shape index (κ1) is 15.3. The summed E-state index contributed by atoms with van der Waals surface area (Å²) in [4.78, 5) is 8.15. The van der Waals surface area contributed by atoms with Crippen LogP contribution in [0.3, 0.4) is 0 Å². The predicted octanol–water partition coefficient (Wildman–Crippen LogP) is 2.03. The number of hydrogen-bond acceptors (Lipinski definition) is 6. The third kappa shape index (κ3) is 2.42. The number of nitrogens with zero attached hydrogens (tertiary/aromatic N) is 6. The Morgan fingerprint density at radius 3 is 2.77 bits per heavy atom. The molecule has 4 aromatic heterocycles. The SMILES string of the molecule is Nc1ncc(Cl)c(-c2cnn3cc(-c4cnn(C5CNC5)c4)ccc23)n1. The summed E-state index contributed by atoms with van der Waals surface area (Å²) in [5.41, 5.74) is 10.1.